The molecule has 0 fully saturated rings. The summed E-state index contributed by atoms with van der Waals surface area (Å²) in [6.45, 7) is 6.25. The van der Waals surface area contributed by atoms with E-state index in [1.165, 1.54) is 6.20 Å². The Hall–Kier alpha value is -3.98. The number of nitrogens with zero attached hydrogens (tertiary/aromatic N) is 1. The average molecular weight is 415 g/mol. The molecule has 3 aromatic rings. The molecule has 0 bridgehead atoms. The van der Waals surface area contributed by atoms with E-state index >= 15 is 0 Å². The Morgan fingerprint density at radius 1 is 1.19 bits per heavy atom. The highest BCUT2D eigenvalue weighted by molar-refractivity contribution is 6.00. The second-order valence-electron chi connectivity index (χ2n) is 7.16. The SMILES string of the molecule is CCOc1ccc(C)cc1C(C)NC(=O)/C(C#N)=C\Nc1cccc2c(O)cccc12. The average Bonchev–Trinajstić information content (AvgIpc) is 2.76. The number of aromatic hydroxyl groups is 1. The minimum absolute atomic E-state index is 0.0605. The first-order chi connectivity index (χ1) is 14.9. The van der Waals surface area contributed by atoms with Gasteiger partial charge in [0.05, 0.1) is 12.6 Å². The van der Waals surface area contributed by atoms with Crippen LogP contribution in [0.2, 0.25) is 0 Å². The maximum atomic E-state index is 12.7. The maximum Gasteiger partial charge on any atom is 0.263 e. The third-order valence-electron chi connectivity index (χ3n) is 4.92. The van der Waals surface area contributed by atoms with Crippen molar-refractivity contribution < 1.29 is 14.6 Å². The summed E-state index contributed by atoms with van der Waals surface area (Å²) < 4.78 is 5.67. The van der Waals surface area contributed by atoms with Crippen LogP contribution in [0.4, 0.5) is 5.69 Å². The van der Waals surface area contributed by atoms with Crippen LogP contribution in [-0.4, -0.2) is 17.6 Å². The lowest BCUT2D eigenvalue weighted by atomic mass is 10.0. The van der Waals surface area contributed by atoms with Gasteiger partial charge in [-0.3, -0.25) is 4.79 Å². The molecule has 0 heterocycles. The van der Waals surface area contributed by atoms with Gasteiger partial charge in [0, 0.05) is 28.2 Å². The number of ether oxygens (including phenoxy) is 1. The maximum absolute atomic E-state index is 12.7. The lowest BCUT2D eigenvalue weighted by Crippen LogP contribution is -2.28. The second kappa shape index (κ2) is 9.68. The highest BCUT2D eigenvalue weighted by Crippen LogP contribution is 2.30. The smallest absolute Gasteiger partial charge is 0.263 e. The topological polar surface area (TPSA) is 94.4 Å². The van der Waals surface area contributed by atoms with Crippen LogP contribution >= 0.6 is 0 Å². The highest BCUT2D eigenvalue weighted by Gasteiger charge is 2.17. The van der Waals surface area contributed by atoms with Crippen LogP contribution in [0.1, 0.15) is 31.0 Å². The number of nitrogens with one attached hydrogen (secondary N) is 2. The van der Waals surface area contributed by atoms with E-state index in [1.54, 1.807) is 24.3 Å². The molecule has 0 aromatic heterocycles. The number of benzene rings is 3. The fourth-order valence-corrected chi connectivity index (χ4v) is 3.36. The molecule has 1 atom stereocenters. The Labute approximate surface area is 181 Å². The number of carbonyl (C=O) groups is 1. The Kier molecular flexibility index (Phi) is 6.78. The molecule has 31 heavy (non-hydrogen) atoms. The number of aryl methyl sites for hydroxylation is 1. The summed E-state index contributed by atoms with van der Waals surface area (Å²) in [6, 6.07) is 18.0. The minimum Gasteiger partial charge on any atom is -0.507 e. The van der Waals surface area contributed by atoms with Crippen molar-refractivity contribution in [3.05, 3.63) is 77.5 Å². The number of amides is 1. The van der Waals surface area contributed by atoms with Gasteiger partial charge in [-0.15, -0.1) is 0 Å². The van der Waals surface area contributed by atoms with Crippen molar-refractivity contribution in [2.75, 3.05) is 11.9 Å². The van der Waals surface area contributed by atoms with E-state index in [9.17, 15) is 15.2 Å². The summed E-state index contributed by atoms with van der Waals surface area (Å²) in [6.07, 6.45) is 1.38. The van der Waals surface area contributed by atoms with Crippen LogP contribution in [0, 0.1) is 18.3 Å². The Morgan fingerprint density at radius 3 is 2.68 bits per heavy atom. The standard InChI is InChI=1S/C25H25N3O3/c1-4-31-24-12-11-16(2)13-21(24)17(3)28-25(30)18(14-26)15-27-22-9-5-8-20-19(22)7-6-10-23(20)29/h5-13,15,17,27,29H,4H2,1-3H3,(H,28,30)/b18-15-. The third kappa shape index (κ3) is 4.96. The van der Waals surface area contributed by atoms with Crippen molar-refractivity contribution in [2.24, 2.45) is 0 Å². The van der Waals surface area contributed by atoms with Crippen LogP contribution < -0.4 is 15.4 Å². The van der Waals surface area contributed by atoms with Crippen molar-refractivity contribution in [2.45, 2.75) is 26.8 Å². The summed E-state index contributed by atoms with van der Waals surface area (Å²) >= 11 is 0. The van der Waals surface area contributed by atoms with Crippen molar-refractivity contribution in [1.82, 2.24) is 5.32 Å². The van der Waals surface area contributed by atoms with Gasteiger partial charge in [0.15, 0.2) is 0 Å². The zero-order chi connectivity index (χ0) is 22.4. The van der Waals surface area contributed by atoms with E-state index in [0.29, 0.717) is 23.4 Å². The predicted octanol–water partition coefficient (Wildman–Crippen LogP) is 4.95. The van der Waals surface area contributed by atoms with Gasteiger partial charge < -0.3 is 20.5 Å². The normalized spacial score (nSPS) is 12.1. The van der Waals surface area contributed by atoms with Crippen molar-refractivity contribution in [1.29, 1.82) is 5.26 Å². The number of rotatable bonds is 7. The molecule has 6 heteroatoms. The second-order valence-corrected chi connectivity index (χ2v) is 7.16. The summed E-state index contributed by atoms with van der Waals surface area (Å²) in [5, 5.41) is 26.9. The molecule has 0 radical (unpaired) electrons. The zero-order valence-electron chi connectivity index (χ0n) is 17.8. The number of carbonyl (C=O) groups excluding carboxylic acids is 1. The molecular formula is C25H25N3O3. The van der Waals surface area contributed by atoms with Crippen molar-refractivity contribution >= 4 is 22.4 Å². The van der Waals surface area contributed by atoms with E-state index in [2.05, 4.69) is 10.6 Å². The molecule has 0 aliphatic rings. The monoisotopic (exact) mass is 415 g/mol. The van der Waals surface area contributed by atoms with Crippen molar-refractivity contribution in [3.63, 3.8) is 0 Å². The molecule has 0 saturated carbocycles. The fraction of sp³-hybridized carbons (Fsp3) is 0.200. The first kappa shape index (κ1) is 21.7. The number of hydrogen-bond acceptors (Lipinski definition) is 5. The van der Waals surface area contributed by atoms with Gasteiger partial charge in [-0.25, -0.2) is 0 Å². The molecule has 0 aliphatic carbocycles. The first-order valence-electron chi connectivity index (χ1n) is 10.1. The van der Waals surface area contributed by atoms with Gasteiger partial charge in [-0.05, 0) is 39.0 Å². The quantitative estimate of drug-likeness (QED) is 0.375. The predicted molar refractivity (Wildman–Crippen MR) is 122 cm³/mol. The van der Waals surface area contributed by atoms with Crippen molar-refractivity contribution in [3.8, 4) is 17.6 Å². The molecule has 6 nitrogen and oxygen atoms in total. The highest BCUT2D eigenvalue weighted by atomic mass is 16.5. The van der Waals surface area contributed by atoms with E-state index in [0.717, 1.165) is 16.5 Å². The number of phenols is 1. The van der Waals surface area contributed by atoms with Crippen LogP contribution in [0.15, 0.2) is 66.4 Å². The van der Waals surface area contributed by atoms with Crippen LogP contribution in [-0.2, 0) is 4.79 Å². The Morgan fingerprint density at radius 2 is 1.94 bits per heavy atom. The summed E-state index contributed by atoms with van der Waals surface area (Å²) in [7, 11) is 0. The van der Waals surface area contributed by atoms with Crippen LogP contribution in [0.25, 0.3) is 10.8 Å². The van der Waals surface area contributed by atoms with Gasteiger partial charge in [0.1, 0.15) is 23.1 Å². The van der Waals surface area contributed by atoms with Gasteiger partial charge in [-0.1, -0.05) is 42.0 Å². The molecule has 0 spiro atoms. The number of hydrogen-bond donors (Lipinski definition) is 3. The van der Waals surface area contributed by atoms with Gasteiger partial charge in [-0.2, -0.15) is 5.26 Å². The third-order valence-corrected chi connectivity index (χ3v) is 4.92. The molecule has 158 valence electrons. The summed E-state index contributed by atoms with van der Waals surface area (Å²) in [4.78, 5) is 12.7. The number of fused-ring (bicyclic) bond motifs is 1. The molecule has 3 aromatic carbocycles. The van der Waals surface area contributed by atoms with Gasteiger partial charge >= 0.3 is 0 Å². The number of anilines is 1. The molecular weight excluding hydrogens is 390 g/mol. The number of phenolic OH excluding ortho intramolecular Hbond substituents is 1. The van der Waals surface area contributed by atoms with E-state index in [1.807, 2.05) is 57.2 Å². The zero-order valence-corrected chi connectivity index (χ0v) is 17.8. The molecule has 3 N–H and O–H groups in total. The van der Waals surface area contributed by atoms with Gasteiger partial charge in [0.25, 0.3) is 5.91 Å². The molecule has 0 aliphatic heterocycles. The van der Waals surface area contributed by atoms with E-state index < -0.39 is 5.91 Å². The summed E-state index contributed by atoms with van der Waals surface area (Å²) in [5.74, 6) is 0.382. The van der Waals surface area contributed by atoms with Crippen LogP contribution in [0.3, 0.4) is 0 Å². The summed E-state index contributed by atoms with van der Waals surface area (Å²) in [5.41, 5.74) is 2.52. The molecule has 3 rings (SSSR count). The largest absolute Gasteiger partial charge is 0.507 e. The van der Waals surface area contributed by atoms with E-state index in [-0.39, 0.29) is 17.4 Å². The minimum atomic E-state index is -0.491. The first-order valence-corrected chi connectivity index (χ1v) is 10.1. The van der Waals surface area contributed by atoms with Crippen LogP contribution in [0.5, 0.6) is 11.5 Å². The molecule has 0 saturated heterocycles. The number of nitriles is 1. The fourth-order valence-electron chi connectivity index (χ4n) is 3.36. The lowest BCUT2D eigenvalue weighted by Gasteiger charge is -2.18. The Balaban J connectivity index is 1.80. The molecule has 1 unspecified atom stereocenters. The Bertz CT molecular complexity index is 1180. The van der Waals surface area contributed by atoms with E-state index in [4.69, 9.17) is 4.74 Å². The van der Waals surface area contributed by atoms with Gasteiger partial charge in [0.2, 0.25) is 0 Å². The molecule has 1 amide bonds. The lowest BCUT2D eigenvalue weighted by molar-refractivity contribution is -0.117.